The molecule has 30 heavy (non-hydrogen) atoms. The number of nitriles is 1. The Morgan fingerprint density at radius 2 is 1.80 bits per heavy atom. The zero-order chi connectivity index (χ0) is 22.3. The third kappa shape index (κ3) is 5.55. The topological polar surface area (TPSA) is 99.9 Å². The van der Waals surface area contributed by atoms with Gasteiger partial charge in [0.2, 0.25) is 0 Å². The molecular formula is C22H25N3O5. The predicted octanol–water partition coefficient (Wildman–Crippen LogP) is 1.92. The van der Waals surface area contributed by atoms with Gasteiger partial charge in [-0.2, -0.15) is 5.26 Å². The van der Waals surface area contributed by atoms with E-state index in [2.05, 4.69) is 0 Å². The summed E-state index contributed by atoms with van der Waals surface area (Å²) in [6.45, 7) is 3.20. The molecule has 8 nitrogen and oxygen atoms in total. The minimum atomic E-state index is -0.635. The van der Waals surface area contributed by atoms with E-state index in [0.29, 0.717) is 11.1 Å². The highest BCUT2D eigenvalue weighted by Crippen LogP contribution is 2.27. The van der Waals surface area contributed by atoms with Gasteiger partial charge in [0.25, 0.3) is 11.8 Å². The lowest BCUT2D eigenvalue weighted by Gasteiger charge is -2.27. The first-order chi connectivity index (χ1) is 14.3. The first-order valence-corrected chi connectivity index (χ1v) is 9.44. The van der Waals surface area contributed by atoms with Gasteiger partial charge < -0.3 is 14.4 Å². The number of hydrogen-bond donors (Lipinski definition) is 0. The molecule has 0 fully saturated rings. The molecule has 1 aliphatic rings. The summed E-state index contributed by atoms with van der Waals surface area (Å²) < 4.78 is 10.1. The summed E-state index contributed by atoms with van der Waals surface area (Å²) in [5, 5.41) is 9.43. The maximum Gasteiger partial charge on any atom is 0.302 e. The molecule has 158 valence electrons. The minimum absolute atomic E-state index is 0.00684. The van der Waals surface area contributed by atoms with Crippen molar-refractivity contribution in [2.75, 3.05) is 45.4 Å². The molecule has 1 aliphatic heterocycles. The molecule has 8 heteroatoms. The number of amides is 2. The zero-order valence-electron chi connectivity index (χ0n) is 17.6. The van der Waals surface area contributed by atoms with E-state index in [4.69, 9.17) is 9.47 Å². The highest BCUT2D eigenvalue weighted by Gasteiger charge is 2.35. The molecule has 0 saturated heterocycles. The molecule has 1 aromatic carbocycles. The molecule has 0 aromatic heterocycles. The number of carbonyl (C=O) groups excluding carboxylic acids is 3. The normalized spacial score (nSPS) is 15.4. The molecule has 0 N–H and O–H groups in total. The van der Waals surface area contributed by atoms with Crippen LogP contribution in [0.3, 0.4) is 0 Å². The smallest absolute Gasteiger partial charge is 0.302 e. The number of hydrogen-bond acceptors (Lipinski definition) is 7. The van der Waals surface area contributed by atoms with E-state index < -0.39 is 17.8 Å². The van der Waals surface area contributed by atoms with Crippen molar-refractivity contribution in [1.29, 1.82) is 5.26 Å². The largest absolute Gasteiger partial charge is 0.463 e. The maximum absolute atomic E-state index is 13.0. The fourth-order valence-electron chi connectivity index (χ4n) is 2.87. The molecule has 0 atom stereocenters. The third-order valence-electron chi connectivity index (χ3n) is 4.54. The molecule has 0 unspecified atom stereocenters. The molecule has 1 aromatic rings. The number of imide groups is 1. The highest BCUT2D eigenvalue weighted by molar-refractivity contribution is 6.19. The molecule has 0 radical (unpaired) electrons. The summed E-state index contributed by atoms with van der Waals surface area (Å²) in [6.07, 6.45) is 1.68. The second kappa shape index (κ2) is 10.4. The minimum Gasteiger partial charge on any atom is -0.463 e. The van der Waals surface area contributed by atoms with Crippen LogP contribution in [-0.4, -0.2) is 63.1 Å². The van der Waals surface area contributed by atoms with E-state index in [1.54, 1.807) is 13.0 Å². The number of anilines is 1. The lowest BCUT2D eigenvalue weighted by Crippen LogP contribution is -2.44. The first kappa shape index (κ1) is 22.8. The van der Waals surface area contributed by atoms with E-state index >= 15 is 0 Å². The molecule has 0 saturated carbocycles. The standard InChI is InChI=1S/C22H25N3O5/c1-15-19(13-17-5-7-18(8-6-17)24(3)4)21(27)25(22(28)20(15)14-23)9-10-29-11-12-30-16(2)26/h5-8,13H,9-12H2,1-4H3/b19-13+. The highest BCUT2D eigenvalue weighted by atomic mass is 16.6. The van der Waals surface area contributed by atoms with Crippen molar-refractivity contribution in [3.8, 4) is 6.07 Å². The summed E-state index contributed by atoms with van der Waals surface area (Å²) in [7, 11) is 3.87. The van der Waals surface area contributed by atoms with Crippen LogP contribution in [0, 0.1) is 11.3 Å². The lowest BCUT2D eigenvalue weighted by molar-refractivity contribution is -0.142. The van der Waals surface area contributed by atoms with Crippen LogP contribution < -0.4 is 4.90 Å². The van der Waals surface area contributed by atoms with E-state index in [0.717, 1.165) is 16.2 Å². The van der Waals surface area contributed by atoms with Gasteiger partial charge in [0, 0.05) is 32.3 Å². The van der Waals surface area contributed by atoms with E-state index in [9.17, 15) is 19.6 Å². The second-order valence-electron chi connectivity index (χ2n) is 6.87. The summed E-state index contributed by atoms with van der Waals surface area (Å²) in [5.74, 6) is -1.52. The Labute approximate surface area is 176 Å². The average Bonchev–Trinajstić information content (AvgIpc) is 2.70. The van der Waals surface area contributed by atoms with Gasteiger partial charge in [-0.15, -0.1) is 0 Å². The van der Waals surface area contributed by atoms with Gasteiger partial charge >= 0.3 is 5.97 Å². The second-order valence-corrected chi connectivity index (χ2v) is 6.87. The Kier molecular flexibility index (Phi) is 7.90. The van der Waals surface area contributed by atoms with Crippen molar-refractivity contribution < 1.29 is 23.9 Å². The van der Waals surface area contributed by atoms with Gasteiger partial charge in [-0.05, 0) is 36.3 Å². The number of carbonyl (C=O) groups is 3. The van der Waals surface area contributed by atoms with E-state index in [1.165, 1.54) is 6.92 Å². The van der Waals surface area contributed by atoms with Crippen molar-refractivity contribution in [3.05, 3.63) is 46.5 Å². The fourth-order valence-corrected chi connectivity index (χ4v) is 2.87. The molecule has 0 spiro atoms. The van der Waals surface area contributed by atoms with Gasteiger partial charge in [0.15, 0.2) is 0 Å². The van der Waals surface area contributed by atoms with Crippen LogP contribution >= 0.6 is 0 Å². The van der Waals surface area contributed by atoms with Crippen molar-refractivity contribution in [1.82, 2.24) is 4.90 Å². The van der Waals surface area contributed by atoms with Crippen molar-refractivity contribution in [3.63, 3.8) is 0 Å². The van der Waals surface area contributed by atoms with E-state index in [1.807, 2.05) is 49.3 Å². The van der Waals surface area contributed by atoms with Crippen LogP contribution in [0.4, 0.5) is 5.69 Å². The van der Waals surface area contributed by atoms with Gasteiger partial charge in [0.1, 0.15) is 18.2 Å². The van der Waals surface area contributed by atoms with Crippen LogP contribution in [0.2, 0.25) is 0 Å². The van der Waals surface area contributed by atoms with Crippen molar-refractivity contribution in [2.24, 2.45) is 0 Å². The number of esters is 1. The van der Waals surface area contributed by atoms with Crippen LogP contribution in [0.15, 0.2) is 41.0 Å². The Hall–Kier alpha value is -3.44. The average molecular weight is 411 g/mol. The Balaban J connectivity index is 2.18. The predicted molar refractivity (Wildman–Crippen MR) is 111 cm³/mol. The van der Waals surface area contributed by atoms with Gasteiger partial charge in [-0.25, -0.2) is 0 Å². The summed E-state index contributed by atoms with van der Waals surface area (Å²) >= 11 is 0. The monoisotopic (exact) mass is 411 g/mol. The molecule has 1 heterocycles. The number of nitrogens with zero attached hydrogens (tertiary/aromatic N) is 3. The van der Waals surface area contributed by atoms with Gasteiger partial charge in [-0.1, -0.05) is 12.1 Å². The van der Waals surface area contributed by atoms with Crippen molar-refractivity contribution in [2.45, 2.75) is 13.8 Å². The molecule has 2 amide bonds. The molecule has 2 rings (SSSR count). The molecule has 0 bridgehead atoms. The van der Waals surface area contributed by atoms with Gasteiger partial charge in [0.05, 0.1) is 19.8 Å². The maximum atomic E-state index is 13.0. The quantitative estimate of drug-likeness (QED) is 0.279. The first-order valence-electron chi connectivity index (χ1n) is 9.44. The van der Waals surface area contributed by atoms with Crippen LogP contribution in [0.1, 0.15) is 19.4 Å². The van der Waals surface area contributed by atoms with E-state index in [-0.39, 0.29) is 31.9 Å². The molecular weight excluding hydrogens is 386 g/mol. The molecule has 0 aliphatic carbocycles. The van der Waals surface area contributed by atoms with Crippen LogP contribution in [0.25, 0.3) is 6.08 Å². The van der Waals surface area contributed by atoms with Crippen LogP contribution in [-0.2, 0) is 23.9 Å². The van der Waals surface area contributed by atoms with Gasteiger partial charge in [-0.3, -0.25) is 19.3 Å². The van der Waals surface area contributed by atoms with Crippen LogP contribution in [0.5, 0.6) is 0 Å². The fraction of sp³-hybridized carbons (Fsp3) is 0.364. The SMILES string of the molecule is CC(=O)OCCOCCN1C(=O)C(C#N)=C(C)/C(=C\c2ccc(N(C)C)cc2)C1=O. The zero-order valence-corrected chi connectivity index (χ0v) is 17.6. The third-order valence-corrected chi connectivity index (χ3v) is 4.54. The number of ether oxygens (including phenoxy) is 2. The lowest BCUT2D eigenvalue weighted by atomic mass is 9.93. The summed E-state index contributed by atoms with van der Waals surface area (Å²) in [5.41, 5.74) is 2.39. The van der Waals surface area contributed by atoms with Crippen molar-refractivity contribution >= 4 is 29.5 Å². The number of benzene rings is 1. The Morgan fingerprint density at radius 1 is 1.13 bits per heavy atom. The number of rotatable bonds is 8. The Bertz CT molecular complexity index is 923. The summed E-state index contributed by atoms with van der Waals surface area (Å²) in [4.78, 5) is 39.2. The summed E-state index contributed by atoms with van der Waals surface area (Å²) in [6, 6.07) is 9.49. The Morgan fingerprint density at radius 3 is 2.37 bits per heavy atom.